The Morgan fingerprint density at radius 3 is 2.40 bits per heavy atom. The van der Waals surface area contributed by atoms with Crippen molar-refractivity contribution < 1.29 is 18.9 Å². The molecule has 0 aromatic heterocycles. The van der Waals surface area contributed by atoms with Crippen molar-refractivity contribution in [3.63, 3.8) is 0 Å². The molecule has 0 bridgehead atoms. The van der Waals surface area contributed by atoms with Crippen LogP contribution in [0.4, 0.5) is 0 Å². The van der Waals surface area contributed by atoms with Crippen molar-refractivity contribution in [2.24, 2.45) is 0 Å². The monoisotopic (exact) mass is 283 g/mol. The molecule has 20 heavy (non-hydrogen) atoms. The third-order valence-electron chi connectivity index (χ3n) is 2.95. The highest BCUT2D eigenvalue weighted by Crippen LogP contribution is 2.24. The van der Waals surface area contributed by atoms with Crippen molar-refractivity contribution in [2.45, 2.75) is 6.04 Å². The van der Waals surface area contributed by atoms with E-state index in [9.17, 15) is 0 Å². The van der Waals surface area contributed by atoms with Crippen molar-refractivity contribution in [1.29, 1.82) is 0 Å². The molecule has 1 aromatic carbocycles. The maximum absolute atomic E-state index is 5.64. The normalized spacial score (nSPS) is 12.3. The Kier molecular flexibility index (Phi) is 8.98. The van der Waals surface area contributed by atoms with Crippen LogP contribution in [0.25, 0.3) is 0 Å². The molecular weight excluding hydrogens is 258 g/mol. The summed E-state index contributed by atoms with van der Waals surface area (Å²) in [5.41, 5.74) is 1.10. The van der Waals surface area contributed by atoms with Gasteiger partial charge >= 0.3 is 0 Å². The van der Waals surface area contributed by atoms with Crippen LogP contribution in [0.15, 0.2) is 24.3 Å². The molecule has 0 amide bonds. The maximum Gasteiger partial charge on any atom is 0.123 e. The molecular formula is C15H25NO4. The summed E-state index contributed by atoms with van der Waals surface area (Å²) in [6.45, 7) is 2.93. The quantitative estimate of drug-likeness (QED) is 0.626. The summed E-state index contributed by atoms with van der Waals surface area (Å²) >= 11 is 0. The van der Waals surface area contributed by atoms with E-state index in [2.05, 4.69) is 5.32 Å². The molecule has 0 saturated heterocycles. The van der Waals surface area contributed by atoms with Gasteiger partial charge in [0, 0.05) is 12.7 Å². The number of hydrogen-bond acceptors (Lipinski definition) is 5. The molecule has 5 heteroatoms. The number of benzene rings is 1. The highest BCUT2D eigenvalue weighted by atomic mass is 16.5. The molecule has 0 heterocycles. The summed E-state index contributed by atoms with van der Waals surface area (Å²) in [5.74, 6) is 0.867. The van der Waals surface area contributed by atoms with Gasteiger partial charge in [0.1, 0.15) is 5.75 Å². The van der Waals surface area contributed by atoms with Crippen LogP contribution >= 0.6 is 0 Å². The van der Waals surface area contributed by atoms with E-state index in [1.807, 2.05) is 31.3 Å². The minimum atomic E-state index is 0.102. The lowest BCUT2D eigenvalue weighted by molar-refractivity contribution is 0.0196. The Morgan fingerprint density at radius 1 is 1.00 bits per heavy atom. The van der Waals surface area contributed by atoms with Crippen LogP contribution in [0.1, 0.15) is 11.6 Å². The Morgan fingerprint density at radius 2 is 1.70 bits per heavy atom. The van der Waals surface area contributed by atoms with Crippen molar-refractivity contribution in [2.75, 3.05) is 54.3 Å². The fraction of sp³-hybridized carbons (Fsp3) is 0.600. The lowest BCUT2D eigenvalue weighted by Crippen LogP contribution is -2.23. The Labute approximate surface area is 121 Å². The number of nitrogens with one attached hydrogen (secondary N) is 1. The molecule has 5 nitrogen and oxygen atoms in total. The lowest BCUT2D eigenvalue weighted by Gasteiger charge is -2.19. The van der Waals surface area contributed by atoms with E-state index in [4.69, 9.17) is 18.9 Å². The summed E-state index contributed by atoms with van der Waals surface area (Å²) < 4.78 is 21.2. The first-order valence-corrected chi connectivity index (χ1v) is 6.78. The van der Waals surface area contributed by atoms with Gasteiger partial charge in [0.25, 0.3) is 0 Å². The molecule has 0 fully saturated rings. The molecule has 0 aliphatic heterocycles. The van der Waals surface area contributed by atoms with Crippen molar-refractivity contribution in [1.82, 2.24) is 5.32 Å². The predicted octanol–water partition coefficient (Wildman–Crippen LogP) is 1.64. The number of rotatable bonds is 11. The van der Waals surface area contributed by atoms with Gasteiger partial charge in [0.2, 0.25) is 0 Å². The molecule has 1 atom stereocenters. The third kappa shape index (κ3) is 5.88. The second-order valence-corrected chi connectivity index (χ2v) is 4.26. The first-order valence-electron chi connectivity index (χ1n) is 6.78. The van der Waals surface area contributed by atoms with Crippen LogP contribution in [0.2, 0.25) is 0 Å². The minimum Gasteiger partial charge on any atom is -0.496 e. The molecule has 114 valence electrons. The molecule has 0 aliphatic carbocycles. The Balaban J connectivity index is 2.32. The van der Waals surface area contributed by atoms with Crippen molar-refractivity contribution >= 4 is 0 Å². The molecule has 1 rings (SSSR count). The fourth-order valence-corrected chi connectivity index (χ4v) is 1.85. The Hall–Kier alpha value is -1.14. The van der Waals surface area contributed by atoms with Crippen LogP contribution in [-0.2, 0) is 14.2 Å². The lowest BCUT2D eigenvalue weighted by atomic mass is 10.1. The molecule has 1 aromatic rings. The topological polar surface area (TPSA) is 49.0 Å². The van der Waals surface area contributed by atoms with E-state index in [0.717, 1.165) is 11.3 Å². The summed E-state index contributed by atoms with van der Waals surface area (Å²) in [6.07, 6.45) is 0. The predicted molar refractivity (Wildman–Crippen MR) is 78.3 cm³/mol. The van der Waals surface area contributed by atoms with Gasteiger partial charge in [-0.05, 0) is 13.1 Å². The van der Waals surface area contributed by atoms with Crippen LogP contribution in [0, 0.1) is 0 Å². The van der Waals surface area contributed by atoms with Gasteiger partial charge in [-0.25, -0.2) is 0 Å². The van der Waals surface area contributed by atoms with Crippen molar-refractivity contribution in [3.05, 3.63) is 29.8 Å². The highest BCUT2D eigenvalue weighted by Gasteiger charge is 2.13. The molecule has 0 radical (unpaired) electrons. The van der Waals surface area contributed by atoms with Gasteiger partial charge in [0.15, 0.2) is 0 Å². The second kappa shape index (κ2) is 10.6. The van der Waals surface area contributed by atoms with Gasteiger partial charge in [0.05, 0.1) is 46.2 Å². The first-order chi connectivity index (χ1) is 9.83. The van der Waals surface area contributed by atoms with E-state index in [1.165, 1.54) is 0 Å². The van der Waals surface area contributed by atoms with Crippen LogP contribution < -0.4 is 10.1 Å². The summed E-state index contributed by atoms with van der Waals surface area (Å²) in [5, 5.41) is 3.24. The van der Waals surface area contributed by atoms with Crippen LogP contribution in [0.3, 0.4) is 0 Å². The van der Waals surface area contributed by atoms with E-state index in [-0.39, 0.29) is 6.04 Å². The Bertz CT molecular complexity index is 359. The first kappa shape index (κ1) is 16.9. The maximum atomic E-state index is 5.64. The molecule has 0 aliphatic rings. The highest BCUT2D eigenvalue weighted by molar-refractivity contribution is 5.35. The smallest absolute Gasteiger partial charge is 0.123 e. The number of likely N-dealkylation sites (N-methyl/N-ethyl adjacent to an activating group) is 1. The third-order valence-corrected chi connectivity index (χ3v) is 2.95. The number of hydrogen-bond donors (Lipinski definition) is 1. The second-order valence-electron chi connectivity index (χ2n) is 4.26. The van der Waals surface area contributed by atoms with Gasteiger partial charge in [-0.3, -0.25) is 0 Å². The molecule has 0 spiro atoms. The van der Waals surface area contributed by atoms with Gasteiger partial charge < -0.3 is 24.3 Å². The number of para-hydroxylation sites is 1. The van der Waals surface area contributed by atoms with Crippen molar-refractivity contribution in [3.8, 4) is 5.75 Å². The molecule has 0 saturated carbocycles. The molecule has 1 unspecified atom stereocenters. The summed E-state index contributed by atoms with van der Waals surface area (Å²) in [7, 11) is 5.25. The largest absolute Gasteiger partial charge is 0.496 e. The van der Waals surface area contributed by atoms with Crippen LogP contribution in [0.5, 0.6) is 5.75 Å². The average molecular weight is 283 g/mol. The van der Waals surface area contributed by atoms with Gasteiger partial charge in [-0.15, -0.1) is 0 Å². The van der Waals surface area contributed by atoms with E-state index < -0.39 is 0 Å². The zero-order chi connectivity index (χ0) is 14.6. The van der Waals surface area contributed by atoms with Gasteiger partial charge in [-0.2, -0.15) is 0 Å². The zero-order valence-electron chi connectivity index (χ0n) is 12.6. The van der Waals surface area contributed by atoms with Gasteiger partial charge in [-0.1, -0.05) is 18.2 Å². The average Bonchev–Trinajstić information content (AvgIpc) is 2.50. The van der Waals surface area contributed by atoms with E-state index in [0.29, 0.717) is 33.0 Å². The summed E-state index contributed by atoms with van der Waals surface area (Å²) in [6, 6.07) is 8.05. The van der Waals surface area contributed by atoms with E-state index >= 15 is 0 Å². The minimum absolute atomic E-state index is 0.102. The zero-order valence-corrected chi connectivity index (χ0v) is 12.6. The number of methoxy groups -OCH3 is 2. The molecule has 1 N–H and O–H groups in total. The fourth-order valence-electron chi connectivity index (χ4n) is 1.85. The van der Waals surface area contributed by atoms with Crippen LogP contribution in [-0.4, -0.2) is 54.3 Å². The standard InChI is InChI=1S/C15H25NO4/c1-16-14(12-20-11-10-19-9-8-17-2)13-6-4-5-7-15(13)18-3/h4-7,14,16H,8-12H2,1-3H3. The summed E-state index contributed by atoms with van der Waals surface area (Å²) in [4.78, 5) is 0. The number of ether oxygens (including phenoxy) is 4. The van der Waals surface area contributed by atoms with E-state index in [1.54, 1.807) is 14.2 Å². The SMILES string of the molecule is CNC(COCCOCCOC)c1ccccc1OC.